The zero-order valence-electron chi connectivity index (χ0n) is 19.2. The summed E-state index contributed by atoms with van der Waals surface area (Å²) >= 11 is 0. The van der Waals surface area contributed by atoms with E-state index in [0.717, 1.165) is 70.7 Å². The van der Waals surface area contributed by atoms with Crippen LogP contribution in [-0.4, -0.2) is 61.6 Å². The second-order valence-electron chi connectivity index (χ2n) is 8.79. The Kier molecular flexibility index (Phi) is 11.7. The van der Waals surface area contributed by atoms with Gasteiger partial charge in [0.25, 0.3) is 0 Å². The number of hydrogen-bond acceptors (Lipinski definition) is 4. The Morgan fingerprint density at radius 2 is 1.76 bits per heavy atom. The Morgan fingerprint density at radius 3 is 2.34 bits per heavy atom. The molecule has 0 aromatic heterocycles. The summed E-state index contributed by atoms with van der Waals surface area (Å²) in [5.74, 6) is 1.49. The lowest BCUT2D eigenvalue weighted by molar-refractivity contribution is -0.154. The minimum atomic E-state index is -0.397. The number of carbonyl (C=O) groups excluding carboxylic acids is 2. The Morgan fingerprint density at radius 1 is 1.10 bits per heavy atom. The molecular formula is C22H42N4O3. The molecule has 168 valence electrons. The van der Waals surface area contributed by atoms with Gasteiger partial charge in [-0.05, 0) is 59.3 Å². The van der Waals surface area contributed by atoms with Crippen LogP contribution in [0, 0.1) is 5.92 Å². The van der Waals surface area contributed by atoms with E-state index in [9.17, 15) is 9.59 Å². The average molecular weight is 411 g/mol. The number of rotatable bonds is 10. The molecule has 1 saturated heterocycles. The standard InChI is InChI=1S/C22H42N4O3/c1-6-24-21(26-15-12-18(13-16-26)17-19(27)23-5)25-14-10-8-7-9-11-20(28)29-22(2,3)4/h18H,6-17H2,1-5H3,(H,23,27)(H,24,25). The molecule has 1 rings (SSSR count). The quantitative estimate of drug-likeness (QED) is 0.250. The molecule has 1 amide bonds. The molecule has 0 saturated carbocycles. The van der Waals surface area contributed by atoms with Crippen molar-refractivity contribution in [2.24, 2.45) is 10.9 Å². The van der Waals surface area contributed by atoms with Crippen LogP contribution in [0.1, 0.15) is 79.1 Å². The molecule has 0 aromatic rings. The molecule has 7 nitrogen and oxygen atoms in total. The van der Waals surface area contributed by atoms with Gasteiger partial charge in [0.15, 0.2) is 5.96 Å². The number of nitrogens with one attached hydrogen (secondary N) is 2. The number of ether oxygens (including phenoxy) is 1. The number of guanidine groups is 1. The lowest BCUT2D eigenvalue weighted by Crippen LogP contribution is -2.46. The molecule has 29 heavy (non-hydrogen) atoms. The Hall–Kier alpha value is -1.79. The first-order valence-electron chi connectivity index (χ1n) is 11.2. The van der Waals surface area contributed by atoms with E-state index in [1.165, 1.54) is 0 Å². The maximum atomic E-state index is 11.7. The van der Waals surface area contributed by atoms with E-state index in [-0.39, 0.29) is 11.9 Å². The van der Waals surface area contributed by atoms with Gasteiger partial charge >= 0.3 is 5.97 Å². The van der Waals surface area contributed by atoms with Crippen molar-refractivity contribution in [3.63, 3.8) is 0 Å². The molecule has 1 aliphatic heterocycles. The SMILES string of the molecule is CCNC(=NCCCCCCC(=O)OC(C)(C)C)N1CCC(CC(=O)NC)CC1. The zero-order chi connectivity index (χ0) is 21.7. The number of nitrogens with zero attached hydrogens (tertiary/aromatic N) is 2. The average Bonchev–Trinajstić information content (AvgIpc) is 2.65. The summed E-state index contributed by atoms with van der Waals surface area (Å²) in [5.41, 5.74) is -0.397. The second-order valence-corrected chi connectivity index (χ2v) is 8.79. The van der Waals surface area contributed by atoms with Gasteiger partial charge in [-0.2, -0.15) is 0 Å². The fourth-order valence-corrected chi connectivity index (χ4v) is 3.45. The van der Waals surface area contributed by atoms with Crippen LogP contribution in [0.4, 0.5) is 0 Å². The third-order valence-electron chi connectivity index (χ3n) is 4.97. The van der Waals surface area contributed by atoms with Gasteiger partial charge in [-0.25, -0.2) is 0 Å². The zero-order valence-corrected chi connectivity index (χ0v) is 19.2. The minimum Gasteiger partial charge on any atom is -0.460 e. The van der Waals surface area contributed by atoms with E-state index in [1.54, 1.807) is 7.05 Å². The first-order chi connectivity index (χ1) is 13.7. The van der Waals surface area contributed by atoms with Crippen molar-refractivity contribution in [1.82, 2.24) is 15.5 Å². The highest BCUT2D eigenvalue weighted by Crippen LogP contribution is 2.20. The minimum absolute atomic E-state index is 0.107. The molecule has 0 spiro atoms. The molecular weight excluding hydrogens is 368 g/mol. The number of hydrogen-bond donors (Lipinski definition) is 2. The van der Waals surface area contributed by atoms with Crippen molar-refractivity contribution in [1.29, 1.82) is 0 Å². The van der Waals surface area contributed by atoms with E-state index >= 15 is 0 Å². The highest BCUT2D eigenvalue weighted by Gasteiger charge is 2.23. The third-order valence-corrected chi connectivity index (χ3v) is 4.97. The predicted octanol–water partition coefficient (Wildman–Crippen LogP) is 3.09. The fourth-order valence-electron chi connectivity index (χ4n) is 3.45. The van der Waals surface area contributed by atoms with Crippen LogP contribution in [0.5, 0.6) is 0 Å². The third kappa shape index (κ3) is 11.7. The van der Waals surface area contributed by atoms with E-state index in [2.05, 4.69) is 22.5 Å². The Bertz CT molecular complexity index is 521. The Balaban J connectivity index is 2.26. The van der Waals surface area contributed by atoms with Crippen LogP contribution >= 0.6 is 0 Å². The lowest BCUT2D eigenvalue weighted by atomic mass is 9.93. The van der Waals surface area contributed by atoms with E-state index in [0.29, 0.717) is 18.8 Å². The van der Waals surface area contributed by atoms with Gasteiger partial charge in [0.1, 0.15) is 5.60 Å². The van der Waals surface area contributed by atoms with Gasteiger partial charge in [0.2, 0.25) is 5.91 Å². The molecule has 1 heterocycles. The Labute approximate surface area is 177 Å². The monoisotopic (exact) mass is 410 g/mol. The van der Waals surface area contributed by atoms with Crippen LogP contribution < -0.4 is 10.6 Å². The fraction of sp³-hybridized carbons (Fsp3) is 0.864. The number of carbonyl (C=O) groups is 2. The number of amides is 1. The van der Waals surface area contributed by atoms with Gasteiger partial charge in [-0.15, -0.1) is 0 Å². The van der Waals surface area contributed by atoms with Crippen molar-refractivity contribution in [2.75, 3.05) is 33.2 Å². The first-order valence-corrected chi connectivity index (χ1v) is 11.2. The first kappa shape index (κ1) is 25.2. The van der Waals surface area contributed by atoms with Gasteiger partial charge < -0.3 is 20.3 Å². The van der Waals surface area contributed by atoms with Crippen molar-refractivity contribution in [3.8, 4) is 0 Å². The van der Waals surface area contributed by atoms with Crippen molar-refractivity contribution in [3.05, 3.63) is 0 Å². The molecule has 1 aliphatic rings. The molecule has 0 aliphatic carbocycles. The summed E-state index contributed by atoms with van der Waals surface area (Å²) in [6.07, 6.45) is 7.17. The molecule has 0 atom stereocenters. The number of piperidine rings is 1. The largest absolute Gasteiger partial charge is 0.460 e. The van der Waals surface area contributed by atoms with Gasteiger partial charge in [-0.1, -0.05) is 12.8 Å². The molecule has 0 aromatic carbocycles. The van der Waals surface area contributed by atoms with Crippen LogP contribution in [0.3, 0.4) is 0 Å². The predicted molar refractivity (Wildman–Crippen MR) is 118 cm³/mol. The van der Waals surface area contributed by atoms with Crippen molar-refractivity contribution < 1.29 is 14.3 Å². The maximum Gasteiger partial charge on any atom is 0.306 e. The molecule has 2 N–H and O–H groups in total. The lowest BCUT2D eigenvalue weighted by Gasteiger charge is -2.34. The summed E-state index contributed by atoms with van der Waals surface area (Å²) in [4.78, 5) is 30.4. The second kappa shape index (κ2) is 13.4. The molecule has 0 unspecified atom stereocenters. The van der Waals surface area contributed by atoms with Crippen LogP contribution in [-0.2, 0) is 14.3 Å². The van der Waals surface area contributed by atoms with E-state index in [4.69, 9.17) is 9.73 Å². The van der Waals surface area contributed by atoms with E-state index in [1.807, 2.05) is 20.8 Å². The maximum absolute atomic E-state index is 11.7. The smallest absolute Gasteiger partial charge is 0.306 e. The number of unbranched alkanes of at least 4 members (excludes halogenated alkanes) is 3. The molecule has 0 radical (unpaired) electrons. The summed E-state index contributed by atoms with van der Waals surface area (Å²) in [5, 5.41) is 6.11. The number of esters is 1. The highest BCUT2D eigenvalue weighted by molar-refractivity contribution is 5.80. The number of aliphatic imine (C=N–C) groups is 1. The highest BCUT2D eigenvalue weighted by atomic mass is 16.6. The molecule has 7 heteroatoms. The number of likely N-dealkylation sites (tertiary alicyclic amines) is 1. The van der Waals surface area contributed by atoms with Crippen LogP contribution in [0.15, 0.2) is 4.99 Å². The van der Waals surface area contributed by atoms with Crippen molar-refractivity contribution in [2.45, 2.75) is 84.7 Å². The summed E-state index contributed by atoms with van der Waals surface area (Å²) in [6.45, 7) is 11.3. The topological polar surface area (TPSA) is 83.0 Å². The molecule has 0 bridgehead atoms. The summed E-state index contributed by atoms with van der Waals surface area (Å²) in [6, 6.07) is 0. The van der Waals surface area contributed by atoms with Gasteiger partial charge in [-0.3, -0.25) is 14.6 Å². The summed E-state index contributed by atoms with van der Waals surface area (Å²) in [7, 11) is 1.70. The van der Waals surface area contributed by atoms with Crippen LogP contribution in [0.25, 0.3) is 0 Å². The molecule has 1 fully saturated rings. The van der Waals surface area contributed by atoms with Gasteiger partial charge in [0, 0.05) is 46.1 Å². The van der Waals surface area contributed by atoms with Crippen LogP contribution in [0.2, 0.25) is 0 Å². The van der Waals surface area contributed by atoms with Gasteiger partial charge in [0.05, 0.1) is 0 Å². The summed E-state index contributed by atoms with van der Waals surface area (Å²) < 4.78 is 5.33. The normalized spacial score (nSPS) is 15.9. The van der Waals surface area contributed by atoms with E-state index < -0.39 is 5.60 Å². The van der Waals surface area contributed by atoms with Crippen molar-refractivity contribution >= 4 is 17.8 Å².